The molecule has 0 radical (unpaired) electrons. The van der Waals surface area contributed by atoms with Crippen molar-refractivity contribution in [1.82, 2.24) is 19.5 Å². The number of hydrogen-bond acceptors (Lipinski definition) is 7. The van der Waals surface area contributed by atoms with Gasteiger partial charge in [0.15, 0.2) is 17.0 Å². The number of aliphatic hydroxyl groups is 1. The molecule has 0 aromatic carbocycles. The van der Waals surface area contributed by atoms with Crippen LogP contribution in [0.15, 0.2) is 6.33 Å². The molecule has 3 saturated carbocycles. The largest absolute Gasteiger partial charge is 0.394 e. The van der Waals surface area contributed by atoms with Crippen molar-refractivity contribution in [3.63, 3.8) is 0 Å². The van der Waals surface area contributed by atoms with Gasteiger partial charge in [0, 0.05) is 18.1 Å². The lowest BCUT2D eigenvalue weighted by Gasteiger charge is -2.29. The highest BCUT2D eigenvalue weighted by Gasteiger charge is 2.35. The smallest absolute Gasteiger partial charge is 0.227 e. The van der Waals surface area contributed by atoms with Crippen LogP contribution in [0.4, 0.5) is 11.8 Å². The molecule has 2 aromatic heterocycles. The van der Waals surface area contributed by atoms with E-state index in [9.17, 15) is 5.11 Å². The van der Waals surface area contributed by atoms with E-state index in [1.807, 2.05) is 6.33 Å². The summed E-state index contributed by atoms with van der Waals surface area (Å²) in [5.74, 6) is 1.42. The summed E-state index contributed by atoms with van der Waals surface area (Å²) in [6.45, 7) is 0.116. The first-order valence-electron chi connectivity index (χ1n) is 11.8. The van der Waals surface area contributed by atoms with Crippen LogP contribution >= 0.6 is 0 Å². The molecular formula is C22H35N7O. The molecular weight excluding hydrogens is 378 g/mol. The quantitative estimate of drug-likeness (QED) is 0.574. The molecule has 0 bridgehead atoms. The Balaban J connectivity index is 1.50. The first kappa shape index (κ1) is 20.0. The molecule has 5 N–H and O–H groups in total. The third kappa shape index (κ3) is 3.87. The van der Waals surface area contributed by atoms with Crippen LogP contribution in [0.1, 0.15) is 83.1 Å². The van der Waals surface area contributed by atoms with E-state index >= 15 is 0 Å². The van der Waals surface area contributed by atoms with Crippen LogP contribution in [0.25, 0.3) is 11.2 Å². The highest BCUT2D eigenvalue weighted by Crippen LogP contribution is 2.36. The molecule has 2 aromatic rings. The summed E-state index contributed by atoms with van der Waals surface area (Å²) in [6.07, 6.45) is 15.2. The second kappa shape index (κ2) is 8.30. The summed E-state index contributed by atoms with van der Waals surface area (Å²) in [6, 6.07) is 1.15. The Morgan fingerprint density at radius 3 is 2.47 bits per heavy atom. The van der Waals surface area contributed by atoms with E-state index in [0.29, 0.717) is 24.1 Å². The predicted octanol–water partition coefficient (Wildman–Crippen LogP) is 3.34. The SMILES string of the molecule is NC1CCC(Nc2nc(NC3(CO)CCCC3)c3ncn(C4CCCC4)c3n2)CC1. The summed E-state index contributed by atoms with van der Waals surface area (Å²) in [5, 5.41) is 17.3. The third-order valence-corrected chi connectivity index (χ3v) is 7.49. The molecule has 0 atom stereocenters. The van der Waals surface area contributed by atoms with Crippen molar-refractivity contribution in [3.05, 3.63) is 6.33 Å². The van der Waals surface area contributed by atoms with Gasteiger partial charge in [-0.25, -0.2) is 4.98 Å². The maximum atomic E-state index is 10.1. The minimum atomic E-state index is -0.298. The van der Waals surface area contributed by atoms with Crippen LogP contribution in [0.5, 0.6) is 0 Å². The second-order valence-electron chi connectivity index (χ2n) is 9.68. The molecule has 3 aliphatic rings. The molecule has 164 valence electrons. The van der Waals surface area contributed by atoms with Gasteiger partial charge in [0.05, 0.1) is 18.5 Å². The van der Waals surface area contributed by atoms with Crippen LogP contribution < -0.4 is 16.4 Å². The Hall–Kier alpha value is -1.93. The number of imidazole rings is 1. The molecule has 0 aliphatic heterocycles. The number of nitrogens with two attached hydrogens (primary N) is 1. The highest BCUT2D eigenvalue weighted by molar-refractivity contribution is 5.85. The highest BCUT2D eigenvalue weighted by atomic mass is 16.3. The van der Waals surface area contributed by atoms with E-state index in [4.69, 9.17) is 20.7 Å². The van der Waals surface area contributed by atoms with Gasteiger partial charge in [-0.1, -0.05) is 25.7 Å². The number of rotatable bonds is 6. The Labute approximate surface area is 178 Å². The fraction of sp³-hybridized carbons (Fsp3) is 0.773. The number of aliphatic hydroxyl groups excluding tert-OH is 1. The Bertz CT molecular complexity index is 862. The molecule has 8 nitrogen and oxygen atoms in total. The summed E-state index contributed by atoms with van der Waals surface area (Å²) in [4.78, 5) is 14.5. The summed E-state index contributed by atoms with van der Waals surface area (Å²) in [5.41, 5.74) is 7.50. The van der Waals surface area contributed by atoms with Crippen LogP contribution in [0, 0.1) is 0 Å². The van der Waals surface area contributed by atoms with Crippen LogP contribution in [0.2, 0.25) is 0 Å². The second-order valence-corrected chi connectivity index (χ2v) is 9.68. The molecule has 8 heteroatoms. The number of fused-ring (bicyclic) bond motifs is 1. The number of nitrogens with one attached hydrogen (secondary N) is 2. The van der Waals surface area contributed by atoms with Crippen LogP contribution in [-0.2, 0) is 0 Å². The molecule has 0 amide bonds. The minimum absolute atomic E-state index is 0.116. The van der Waals surface area contributed by atoms with Gasteiger partial charge in [-0.05, 0) is 51.4 Å². The molecule has 3 aliphatic carbocycles. The average molecular weight is 414 g/mol. The van der Waals surface area contributed by atoms with Gasteiger partial charge in [-0.3, -0.25) is 0 Å². The molecule has 5 rings (SSSR count). The maximum Gasteiger partial charge on any atom is 0.227 e. The van der Waals surface area contributed by atoms with E-state index in [0.717, 1.165) is 68.3 Å². The predicted molar refractivity (Wildman–Crippen MR) is 119 cm³/mol. The molecule has 3 fully saturated rings. The summed E-state index contributed by atoms with van der Waals surface area (Å²) in [7, 11) is 0. The van der Waals surface area contributed by atoms with Gasteiger partial charge in [0.25, 0.3) is 0 Å². The lowest BCUT2D eigenvalue weighted by atomic mass is 9.92. The van der Waals surface area contributed by atoms with Gasteiger partial charge in [-0.15, -0.1) is 0 Å². The third-order valence-electron chi connectivity index (χ3n) is 7.49. The standard InChI is InChI=1S/C22H35N7O/c23-15-7-9-16(10-8-15)25-21-26-19(28-22(13-30)11-3-4-12-22)18-20(27-21)29(14-24-18)17-5-1-2-6-17/h14-17,30H,1-13,23H2,(H2,25,26,27,28). The topological polar surface area (TPSA) is 114 Å². The maximum absolute atomic E-state index is 10.1. The zero-order valence-electron chi connectivity index (χ0n) is 17.8. The Morgan fingerprint density at radius 2 is 1.77 bits per heavy atom. The van der Waals surface area contributed by atoms with Gasteiger partial charge in [0.2, 0.25) is 5.95 Å². The van der Waals surface area contributed by atoms with E-state index in [2.05, 4.69) is 15.2 Å². The zero-order valence-corrected chi connectivity index (χ0v) is 17.8. The number of aromatic nitrogens is 4. The van der Waals surface area contributed by atoms with Gasteiger partial charge < -0.3 is 26.0 Å². The molecule has 30 heavy (non-hydrogen) atoms. The van der Waals surface area contributed by atoms with E-state index in [-0.39, 0.29) is 12.1 Å². The molecule has 0 unspecified atom stereocenters. The molecule has 2 heterocycles. The van der Waals surface area contributed by atoms with E-state index in [1.165, 1.54) is 25.7 Å². The first-order valence-corrected chi connectivity index (χ1v) is 11.8. The van der Waals surface area contributed by atoms with Crippen LogP contribution in [0.3, 0.4) is 0 Å². The van der Waals surface area contributed by atoms with Crippen molar-refractivity contribution in [1.29, 1.82) is 0 Å². The van der Waals surface area contributed by atoms with Crippen LogP contribution in [-0.4, -0.2) is 48.9 Å². The Kier molecular flexibility index (Phi) is 5.54. The minimum Gasteiger partial charge on any atom is -0.394 e. The Morgan fingerprint density at radius 1 is 1.03 bits per heavy atom. The van der Waals surface area contributed by atoms with Crippen molar-refractivity contribution >= 4 is 22.9 Å². The molecule has 0 spiro atoms. The van der Waals surface area contributed by atoms with Gasteiger partial charge >= 0.3 is 0 Å². The van der Waals surface area contributed by atoms with Crippen molar-refractivity contribution in [2.24, 2.45) is 5.73 Å². The van der Waals surface area contributed by atoms with Crippen molar-refractivity contribution in [2.45, 2.75) is 101 Å². The number of nitrogens with zero attached hydrogens (tertiary/aromatic N) is 4. The summed E-state index contributed by atoms with van der Waals surface area (Å²) < 4.78 is 2.25. The van der Waals surface area contributed by atoms with Crippen molar-refractivity contribution in [3.8, 4) is 0 Å². The summed E-state index contributed by atoms with van der Waals surface area (Å²) >= 11 is 0. The van der Waals surface area contributed by atoms with Gasteiger partial charge in [-0.2, -0.15) is 9.97 Å². The van der Waals surface area contributed by atoms with E-state index in [1.54, 1.807) is 0 Å². The number of anilines is 2. The lowest BCUT2D eigenvalue weighted by molar-refractivity contribution is 0.214. The first-order chi connectivity index (χ1) is 14.7. The zero-order chi connectivity index (χ0) is 20.6. The fourth-order valence-corrected chi connectivity index (χ4v) is 5.59. The monoisotopic (exact) mass is 413 g/mol. The molecule has 0 saturated heterocycles. The fourth-order valence-electron chi connectivity index (χ4n) is 5.59. The van der Waals surface area contributed by atoms with Gasteiger partial charge in [0.1, 0.15) is 0 Å². The van der Waals surface area contributed by atoms with Crippen molar-refractivity contribution in [2.75, 3.05) is 17.2 Å². The van der Waals surface area contributed by atoms with Crippen molar-refractivity contribution < 1.29 is 5.11 Å². The van der Waals surface area contributed by atoms with E-state index < -0.39 is 0 Å². The number of hydrogen-bond donors (Lipinski definition) is 4. The lowest BCUT2D eigenvalue weighted by Crippen LogP contribution is -2.39. The normalized spacial score (nSPS) is 27.0. The average Bonchev–Trinajstić information content (AvgIpc) is 3.50.